The largest absolute Gasteiger partial charge is 0.748 e. The molecule has 8 atom stereocenters. The number of alkyl halides is 3. The second kappa shape index (κ2) is 37.9. The van der Waals surface area contributed by atoms with Gasteiger partial charge in [-0.25, -0.2) is 34.4 Å². The Kier molecular flexibility index (Phi) is 29.4. The summed E-state index contributed by atoms with van der Waals surface area (Å²) in [4.78, 5) is 62.0. The van der Waals surface area contributed by atoms with Crippen molar-refractivity contribution in [2.45, 2.75) is 237 Å². The van der Waals surface area contributed by atoms with E-state index in [4.69, 9.17) is 18.9 Å². The Bertz CT molecular complexity index is 4520. The second-order valence-electron chi connectivity index (χ2n) is 34.5. The lowest BCUT2D eigenvalue weighted by Gasteiger charge is -2.55. The summed E-state index contributed by atoms with van der Waals surface area (Å²) >= 11 is 0. The molecule has 0 amide bonds. The Morgan fingerprint density at radius 1 is 0.540 bits per heavy atom. The van der Waals surface area contributed by atoms with Crippen LogP contribution in [-0.4, -0.2) is 124 Å². The fourth-order valence-corrected chi connectivity index (χ4v) is 25.0. The number of fused-ring (bicyclic) bond motifs is 3. The van der Waals surface area contributed by atoms with Crippen LogP contribution in [0, 0.1) is 64.1 Å². The third kappa shape index (κ3) is 23.5. The smallest absolute Gasteiger partial charge is 0.428 e. The van der Waals surface area contributed by atoms with E-state index in [1.54, 1.807) is 0 Å². The van der Waals surface area contributed by atoms with Gasteiger partial charge < -0.3 is 37.3 Å². The molecule has 12 aliphatic rings. The maximum atomic E-state index is 13.3. The fourth-order valence-electron chi connectivity index (χ4n) is 20.0. The van der Waals surface area contributed by atoms with Crippen LogP contribution in [0.15, 0.2) is 120 Å². The van der Waals surface area contributed by atoms with E-state index in [2.05, 4.69) is 152 Å². The Morgan fingerprint density at radius 3 is 1.45 bits per heavy atom. The number of ether oxygens (including phenoxy) is 5. The number of thiophene rings is 2. The first kappa shape index (κ1) is 87.5. The van der Waals surface area contributed by atoms with Crippen LogP contribution >= 0.6 is 20.9 Å². The molecule has 10 saturated carbocycles. The van der Waals surface area contributed by atoms with Crippen molar-refractivity contribution in [2.75, 3.05) is 31.3 Å². The van der Waals surface area contributed by atoms with Crippen LogP contribution in [0.25, 0.3) is 30.0 Å². The average molecular weight is 1670 g/mol. The molecule has 2 aromatic heterocycles. The lowest BCUT2D eigenvalue weighted by Crippen LogP contribution is -2.50. The number of esters is 5. The van der Waals surface area contributed by atoms with E-state index in [9.17, 15) is 76.1 Å². The molecular weight excluding hydrogens is 1550 g/mol. The van der Waals surface area contributed by atoms with Crippen LogP contribution in [0.3, 0.4) is 0 Å². The van der Waals surface area contributed by atoms with Crippen LogP contribution in [0.2, 0.25) is 0 Å². The summed E-state index contributed by atoms with van der Waals surface area (Å²) in [7, 11) is -15.1. The van der Waals surface area contributed by atoms with Crippen molar-refractivity contribution >= 4 is 101 Å². The molecule has 113 heavy (non-hydrogen) atoms. The minimum atomic E-state index is -6.15. The van der Waals surface area contributed by atoms with Gasteiger partial charge >= 0.3 is 35.1 Å². The van der Waals surface area contributed by atoms with Gasteiger partial charge in [0.05, 0.1) is 39.2 Å². The third-order valence-corrected chi connectivity index (χ3v) is 30.8. The normalized spacial score (nSPS) is 26.9. The number of rotatable bonds is 28. The number of benzene rings is 4. The van der Waals surface area contributed by atoms with E-state index in [-0.39, 0.29) is 68.6 Å². The molecule has 6 aromatic rings. The topological polar surface area (TPSA) is 303 Å². The van der Waals surface area contributed by atoms with Crippen molar-refractivity contribution < 1.29 is 99.7 Å². The molecule has 4 aromatic carbocycles. The van der Waals surface area contributed by atoms with E-state index >= 15 is 0 Å². The standard InChI is InChI=1S/C26H35S.C18H19S.C15H20F2O7S.C15H23FO5S.C12H16O7S/c1-2-3-4-5-6-7-8-9-10-11-14-23-17-19-25(20-18-23)27-22-21-24-15-12-13-16-26(24)27;1-18(2,3)15-8-10-16(11-9-15)19-13-12-14-6-4-5-7-17(14)19;16-15(17,25(20,21)22)13(19)24-2-1-23-12(18)14-6-9-3-10(7-14)5-11(4-9)8-14;16-13(9-22(18,19)20)1-2-21-14(17)15-6-10-3-11(7-15)5-12(4-10)8-15;13-10(5-20(15,16)17)19-11-7-1-6-2-8(4-7)12(14)18-9(11)3-6/h12-13,15-22H,2-11,14H2,1H3;4-13H,1-3H3;9-11H,1-8H2,(H,20,21,22);10-13H,1-9H2,(H,18,19,20);6-9,11H,1-5H2,(H,15,16,17)/q2*+1;;;/p-3. The quantitative estimate of drug-likeness (QED) is 0.0145. The predicted octanol–water partition coefficient (Wildman–Crippen LogP) is 18.2. The molecule has 0 spiro atoms. The van der Waals surface area contributed by atoms with Gasteiger partial charge in [0.1, 0.15) is 58.2 Å². The van der Waals surface area contributed by atoms with Gasteiger partial charge in [-0.3, -0.25) is 19.2 Å². The van der Waals surface area contributed by atoms with Crippen LogP contribution in [0.5, 0.6) is 0 Å². The summed E-state index contributed by atoms with van der Waals surface area (Å²) in [5.74, 6) is -2.95. The lowest BCUT2D eigenvalue weighted by molar-refractivity contribution is -0.176. The molecule has 8 unspecified atom stereocenters. The predicted molar refractivity (Wildman–Crippen MR) is 426 cm³/mol. The number of carbonyl (C=O) groups is 5. The van der Waals surface area contributed by atoms with Gasteiger partial charge in [0.15, 0.2) is 29.3 Å². The fraction of sp³-hybridized carbons (Fsp3) is 0.616. The first-order chi connectivity index (χ1) is 53.5. The van der Waals surface area contributed by atoms with Gasteiger partial charge in [-0.15, -0.1) is 0 Å². The molecule has 2 saturated heterocycles. The summed E-state index contributed by atoms with van der Waals surface area (Å²) in [6.45, 7) is 7.72. The van der Waals surface area contributed by atoms with Crippen LogP contribution in [-0.2, 0) is 89.8 Å². The van der Waals surface area contributed by atoms with Gasteiger partial charge in [-0.05, 0) is 222 Å². The highest BCUT2D eigenvalue weighted by atomic mass is 32.2. The van der Waals surface area contributed by atoms with Crippen molar-refractivity contribution in [1.29, 1.82) is 0 Å². The number of hydrogen-bond donors (Lipinski definition) is 0. The molecule has 620 valence electrons. The van der Waals surface area contributed by atoms with Crippen LogP contribution in [0.4, 0.5) is 13.2 Å². The number of hydrogen-bond acceptors (Lipinski definition) is 19. The van der Waals surface area contributed by atoms with Gasteiger partial charge in [0.25, 0.3) is 0 Å². The maximum absolute atomic E-state index is 13.3. The first-order valence-corrected chi connectivity index (χ1v) is 47.6. The molecule has 4 heterocycles. The summed E-state index contributed by atoms with van der Waals surface area (Å²) in [6.07, 6.45) is 27.2. The summed E-state index contributed by atoms with van der Waals surface area (Å²) < 4.78 is 161. The van der Waals surface area contributed by atoms with E-state index in [0.29, 0.717) is 54.3 Å². The van der Waals surface area contributed by atoms with E-state index < -0.39 is 102 Å². The summed E-state index contributed by atoms with van der Waals surface area (Å²) in [5, 5.41) is 2.29. The van der Waals surface area contributed by atoms with Gasteiger partial charge in [-0.2, -0.15) is 8.78 Å². The van der Waals surface area contributed by atoms with Gasteiger partial charge in [0, 0.05) is 56.2 Å². The van der Waals surface area contributed by atoms with Crippen LogP contribution < -0.4 is 0 Å². The molecule has 12 bridgehead atoms. The highest BCUT2D eigenvalue weighted by Crippen LogP contribution is 2.62. The highest BCUT2D eigenvalue weighted by molar-refractivity contribution is 7.87. The SMILES string of the molecule is CC(C)(C)c1ccc(-[s+]2ccc3ccccc32)cc1.CCCCCCCCCCCCc1ccc(-[s+]2ccc3ccccc32)cc1.O=C(CS(=O)(=O)[O-])OC1C2CC3CC(C2)C(=O)OC1C3.O=C(OCCC(F)CS(=O)(=O)[O-])C12CC3CC(CC(C3)C1)C2.O=C(OCCOC(=O)C(F)(F)S(=O)(=O)[O-])C12CC3CC(CC(C3)C1)C2. The monoisotopic (exact) mass is 1660 g/mol. The van der Waals surface area contributed by atoms with Gasteiger partial charge in [-0.1, -0.05) is 134 Å². The van der Waals surface area contributed by atoms with Crippen molar-refractivity contribution in [3.05, 3.63) is 131 Å². The molecule has 18 rings (SSSR count). The van der Waals surface area contributed by atoms with Crippen molar-refractivity contribution in [1.82, 2.24) is 0 Å². The molecule has 2 aliphatic heterocycles. The molecule has 0 radical (unpaired) electrons. The molecule has 10 aliphatic carbocycles. The Morgan fingerprint density at radius 2 is 0.991 bits per heavy atom. The van der Waals surface area contributed by atoms with E-state index in [1.165, 1.54) is 131 Å². The Hall–Kier alpha value is -6.33. The van der Waals surface area contributed by atoms with Crippen LogP contribution in [0.1, 0.15) is 212 Å². The third-order valence-electron chi connectivity index (χ3n) is 24.5. The zero-order valence-corrected chi connectivity index (χ0v) is 69.3. The first-order valence-electron chi connectivity index (χ1n) is 40.5. The average Bonchev–Trinajstić information content (AvgIpc) is 1.72. The number of aryl methyl sites for hydroxylation is 1. The Balaban J connectivity index is 0.000000140. The van der Waals surface area contributed by atoms with E-state index in [0.717, 1.165) is 70.6 Å². The summed E-state index contributed by atoms with van der Waals surface area (Å²) in [5.41, 5.74) is 2.21. The second-order valence-corrected chi connectivity index (χ2v) is 42.5. The molecule has 27 heteroatoms. The Labute approximate surface area is 669 Å². The molecule has 19 nitrogen and oxygen atoms in total. The summed E-state index contributed by atoms with van der Waals surface area (Å²) in [6, 6.07) is 40.5. The minimum absolute atomic E-state index is 0.0160. The zero-order valence-electron chi connectivity index (χ0n) is 65.2. The van der Waals surface area contributed by atoms with Crippen molar-refractivity contribution in [3.8, 4) is 9.79 Å². The molecule has 0 N–H and O–H groups in total. The minimum Gasteiger partial charge on any atom is -0.748 e. The molecule has 12 fully saturated rings. The number of halogens is 3. The van der Waals surface area contributed by atoms with E-state index in [1.807, 2.05) is 0 Å². The van der Waals surface area contributed by atoms with Gasteiger partial charge in [0.2, 0.25) is 0 Å². The van der Waals surface area contributed by atoms with Crippen molar-refractivity contribution in [2.24, 2.45) is 64.1 Å². The zero-order chi connectivity index (χ0) is 81.1. The number of unbranched alkanes of at least 4 members (excludes halogenated alkanes) is 9. The number of carbonyl (C=O) groups excluding carboxylic acids is 5. The molecular formula is C86H110F3O19S5-. The highest BCUT2D eigenvalue weighted by Gasteiger charge is 2.58. The maximum Gasteiger partial charge on any atom is 0.428 e. The lowest BCUT2D eigenvalue weighted by atomic mass is 9.49. The van der Waals surface area contributed by atoms with Crippen molar-refractivity contribution in [3.63, 3.8) is 0 Å².